The molecule has 0 aliphatic carbocycles. The highest BCUT2D eigenvalue weighted by atomic mass is 35.5. The van der Waals surface area contributed by atoms with Crippen molar-refractivity contribution in [2.75, 3.05) is 13.1 Å². The van der Waals surface area contributed by atoms with Crippen molar-refractivity contribution in [2.24, 2.45) is 11.1 Å². The van der Waals surface area contributed by atoms with Gasteiger partial charge in [0.25, 0.3) is 0 Å². The monoisotopic (exact) mass is 425 g/mol. The first kappa shape index (κ1) is 23.7. The molecular weight excluding hydrogens is 400 g/mol. The van der Waals surface area contributed by atoms with Gasteiger partial charge >= 0.3 is 0 Å². The topological polar surface area (TPSA) is 92.5 Å². The molecule has 1 aromatic rings. The Labute approximate surface area is 164 Å². The molecule has 1 aliphatic rings. The Morgan fingerprint density at radius 2 is 1.81 bits per heavy atom. The Hall–Kier alpha value is -1.29. The van der Waals surface area contributed by atoms with Gasteiger partial charge in [-0.1, -0.05) is 20.8 Å². The molecule has 3 N–H and O–H groups in total. The zero-order chi connectivity index (χ0) is 19.7. The van der Waals surface area contributed by atoms with Crippen LogP contribution in [-0.2, 0) is 14.8 Å². The van der Waals surface area contributed by atoms with Gasteiger partial charge in [-0.25, -0.2) is 21.9 Å². The SMILES string of the molecule is CC(C)(C)[C@H](N)C(=O)N1CCC(NS(=O)(=O)c2ccc(F)cc2F)CC1.Cl. The first-order valence-electron chi connectivity index (χ1n) is 8.43. The number of sulfonamides is 1. The van der Waals surface area contributed by atoms with Crippen LogP contribution in [0.1, 0.15) is 33.6 Å². The van der Waals surface area contributed by atoms with Crippen molar-refractivity contribution in [3.05, 3.63) is 29.8 Å². The van der Waals surface area contributed by atoms with E-state index in [4.69, 9.17) is 5.73 Å². The third-order valence-corrected chi connectivity index (χ3v) is 6.06. The maximum atomic E-state index is 13.7. The van der Waals surface area contributed by atoms with E-state index in [-0.39, 0.29) is 23.7 Å². The van der Waals surface area contributed by atoms with Gasteiger partial charge in [-0.15, -0.1) is 12.4 Å². The second-order valence-electron chi connectivity index (χ2n) is 7.64. The Morgan fingerprint density at radius 1 is 1.26 bits per heavy atom. The number of carbonyl (C=O) groups is 1. The fraction of sp³-hybridized carbons (Fsp3) is 0.588. The van der Waals surface area contributed by atoms with Gasteiger partial charge in [0.1, 0.15) is 16.5 Å². The van der Waals surface area contributed by atoms with Gasteiger partial charge in [0.2, 0.25) is 15.9 Å². The van der Waals surface area contributed by atoms with Crippen LogP contribution in [0.3, 0.4) is 0 Å². The van der Waals surface area contributed by atoms with Crippen molar-refractivity contribution in [1.29, 1.82) is 0 Å². The molecule has 154 valence electrons. The summed E-state index contributed by atoms with van der Waals surface area (Å²) in [4.78, 5) is 13.4. The van der Waals surface area contributed by atoms with E-state index in [0.29, 0.717) is 32.0 Å². The van der Waals surface area contributed by atoms with Crippen molar-refractivity contribution in [1.82, 2.24) is 9.62 Å². The summed E-state index contributed by atoms with van der Waals surface area (Å²) in [6.45, 7) is 6.37. The fourth-order valence-corrected chi connectivity index (χ4v) is 4.13. The van der Waals surface area contributed by atoms with Gasteiger partial charge in [-0.2, -0.15) is 0 Å². The summed E-state index contributed by atoms with van der Waals surface area (Å²) in [6, 6.07) is 1.26. The third kappa shape index (κ3) is 5.84. The summed E-state index contributed by atoms with van der Waals surface area (Å²) in [5.74, 6) is -2.15. The van der Waals surface area contributed by atoms with Crippen molar-refractivity contribution < 1.29 is 22.0 Å². The first-order valence-corrected chi connectivity index (χ1v) is 9.92. The molecule has 6 nitrogen and oxygen atoms in total. The molecule has 2 rings (SSSR count). The number of benzene rings is 1. The van der Waals surface area contributed by atoms with Crippen LogP contribution >= 0.6 is 12.4 Å². The molecule has 0 saturated carbocycles. The minimum Gasteiger partial charge on any atom is -0.341 e. The van der Waals surface area contributed by atoms with Gasteiger partial charge in [-0.05, 0) is 30.4 Å². The van der Waals surface area contributed by atoms with E-state index in [9.17, 15) is 22.0 Å². The van der Waals surface area contributed by atoms with E-state index in [1.54, 1.807) is 4.90 Å². The molecule has 1 amide bonds. The maximum absolute atomic E-state index is 13.7. The number of halogens is 3. The van der Waals surface area contributed by atoms with Crippen molar-refractivity contribution >= 4 is 28.3 Å². The minimum atomic E-state index is -4.10. The second kappa shape index (κ2) is 8.81. The van der Waals surface area contributed by atoms with Gasteiger partial charge in [0, 0.05) is 25.2 Å². The molecule has 0 spiro atoms. The van der Waals surface area contributed by atoms with E-state index in [0.717, 1.165) is 12.1 Å². The number of rotatable bonds is 4. The average Bonchev–Trinajstić information content (AvgIpc) is 2.52. The van der Waals surface area contributed by atoms with Gasteiger partial charge in [0.05, 0.1) is 6.04 Å². The molecule has 1 atom stereocenters. The highest BCUT2D eigenvalue weighted by Gasteiger charge is 2.34. The van der Waals surface area contributed by atoms with E-state index >= 15 is 0 Å². The van der Waals surface area contributed by atoms with Gasteiger partial charge in [-0.3, -0.25) is 4.79 Å². The Kier molecular flexibility index (Phi) is 7.75. The molecule has 0 bridgehead atoms. The predicted molar refractivity (Wildman–Crippen MR) is 101 cm³/mol. The smallest absolute Gasteiger partial charge is 0.243 e. The quantitative estimate of drug-likeness (QED) is 0.772. The first-order chi connectivity index (χ1) is 11.9. The lowest BCUT2D eigenvalue weighted by Gasteiger charge is -2.36. The largest absolute Gasteiger partial charge is 0.341 e. The lowest BCUT2D eigenvalue weighted by atomic mass is 9.86. The summed E-state index contributed by atoms with van der Waals surface area (Å²) in [5.41, 5.74) is 5.63. The lowest BCUT2D eigenvalue weighted by Crippen LogP contribution is -2.54. The number of nitrogens with two attached hydrogens (primary N) is 1. The summed E-state index contributed by atoms with van der Waals surface area (Å²) in [5, 5.41) is 0. The van der Waals surface area contributed by atoms with Crippen LogP contribution in [0.4, 0.5) is 8.78 Å². The molecule has 1 fully saturated rings. The summed E-state index contributed by atoms with van der Waals surface area (Å²) in [6.07, 6.45) is 0.787. The van der Waals surface area contributed by atoms with Gasteiger partial charge in [0.15, 0.2) is 0 Å². The second-order valence-corrected chi connectivity index (χ2v) is 9.32. The number of nitrogens with zero attached hydrogens (tertiary/aromatic N) is 1. The van der Waals surface area contributed by atoms with Crippen LogP contribution in [0.5, 0.6) is 0 Å². The number of amides is 1. The number of hydrogen-bond acceptors (Lipinski definition) is 4. The Morgan fingerprint density at radius 3 is 2.30 bits per heavy atom. The van der Waals surface area contributed by atoms with Crippen LogP contribution in [0, 0.1) is 17.0 Å². The lowest BCUT2D eigenvalue weighted by molar-refractivity contribution is -0.136. The molecule has 27 heavy (non-hydrogen) atoms. The van der Waals surface area contributed by atoms with Crippen molar-refractivity contribution in [3.63, 3.8) is 0 Å². The van der Waals surface area contributed by atoms with E-state index in [1.807, 2.05) is 20.8 Å². The van der Waals surface area contributed by atoms with Crippen LogP contribution in [-0.4, -0.2) is 44.4 Å². The standard InChI is InChI=1S/C17H25F2N3O3S.ClH/c1-17(2,3)15(20)16(23)22-8-6-12(7-9-22)21-26(24,25)14-5-4-11(18)10-13(14)19;/h4-5,10,12,15,21H,6-9,20H2,1-3H3;1H/t15-;/m1./s1. The number of nitrogens with one attached hydrogen (secondary N) is 1. The fourth-order valence-electron chi connectivity index (χ4n) is 2.76. The average molecular weight is 426 g/mol. The van der Waals surface area contributed by atoms with Crippen molar-refractivity contribution in [2.45, 2.75) is 50.6 Å². The van der Waals surface area contributed by atoms with Crippen molar-refractivity contribution in [3.8, 4) is 0 Å². The summed E-state index contributed by atoms with van der Waals surface area (Å²) >= 11 is 0. The van der Waals surface area contributed by atoms with Gasteiger partial charge < -0.3 is 10.6 Å². The van der Waals surface area contributed by atoms with Crippen LogP contribution in [0.2, 0.25) is 0 Å². The normalized spacial score (nSPS) is 17.3. The van der Waals surface area contributed by atoms with E-state index in [1.165, 1.54) is 0 Å². The van der Waals surface area contributed by atoms with Crippen LogP contribution < -0.4 is 10.5 Å². The molecule has 1 saturated heterocycles. The molecule has 1 heterocycles. The summed E-state index contributed by atoms with van der Waals surface area (Å²) in [7, 11) is -4.10. The predicted octanol–water partition coefficient (Wildman–Crippen LogP) is 2.03. The molecular formula is C17H26ClF2N3O3S. The molecule has 0 aromatic heterocycles. The molecule has 1 aromatic carbocycles. The maximum Gasteiger partial charge on any atom is 0.243 e. The number of carbonyl (C=O) groups excluding carboxylic acids is 1. The molecule has 0 radical (unpaired) electrons. The zero-order valence-corrected chi connectivity index (χ0v) is 17.2. The van der Waals surface area contributed by atoms with E-state index in [2.05, 4.69) is 4.72 Å². The molecule has 10 heteroatoms. The minimum absolute atomic E-state index is 0. The number of likely N-dealkylation sites (tertiary alicyclic amines) is 1. The molecule has 1 aliphatic heterocycles. The number of piperidine rings is 1. The van der Waals surface area contributed by atoms with Crippen LogP contribution in [0.15, 0.2) is 23.1 Å². The number of hydrogen-bond donors (Lipinski definition) is 2. The highest BCUT2D eigenvalue weighted by Crippen LogP contribution is 2.22. The Bertz CT molecular complexity index is 776. The highest BCUT2D eigenvalue weighted by molar-refractivity contribution is 7.89. The molecule has 0 unspecified atom stereocenters. The Balaban J connectivity index is 0.00000364. The summed E-state index contributed by atoms with van der Waals surface area (Å²) < 4.78 is 53.8. The zero-order valence-electron chi connectivity index (χ0n) is 15.5. The third-order valence-electron chi connectivity index (χ3n) is 4.51. The van der Waals surface area contributed by atoms with Crippen LogP contribution in [0.25, 0.3) is 0 Å². The van der Waals surface area contributed by atoms with E-state index < -0.39 is 38.6 Å².